The Labute approximate surface area is 197 Å². The molecule has 0 spiro atoms. The van der Waals surface area contributed by atoms with E-state index in [1.54, 1.807) is 0 Å². The minimum Gasteiger partial charge on any atom is -0.480 e. The molecule has 2 aromatic carbocycles. The molecule has 3 amide bonds. The highest BCUT2D eigenvalue weighted by Crippen LogP contribution is 2.44. The third-order valence-corrected chi connectivity index (χ3v) is 6.35. The van der Waals surface area contributed by atoms with Gasteiger partial charge in [-0.05, 0) is 35.1 Å². The van der Waals surface area contributed by atoms with Crippen molar-refractivity contribution in [3.05, 3.63) is 59.7 Å². The molecule has 2 unspecified atom stereocenters. The second-order valence-corrected chi connectivity index (χ2v) is 8.47. The van der Waals surface area contributed by atoms with Crippen LogP contribution in [0.2, 0.25) is 0 Å². The van der Waals surface area contributed by atoms with Gasteiger partial charge in [0, 0.05) is 18.4 Å². The first kappa shape index (κ1) is 23.3. The van der Waals surface area contributed by atoms with Crippen LogP contribution in [-0.4, -0.2) is 52.7 Å². The standard InChI is InChI=1S/C25H27N3O6/c1-2-15(11-12-23(30)28-21(24(31)32)13-22(29)27-28)26-25(33)34-14-20-18-9-5-3-7-16(18)17-8-4-6-10-19(17)20/h3-10,15,20-21H,2,11-14H2,1H3,(H,26,33)(H,27,29)(H,31,32). The molecular weight excluding hydrogens is 438 g/mol. The number of amides is 3. The summed E-state index contributed by atoms with van der Waals surface area (Å²) in [5.74, 6) is -2.31. The summed E-state index contributed by atoms with van der Waals surface area (Å²) < 4.78 is 5.56. The summed E-state index contributed by atoms with van der Waals surface area (Å²) in [7, 11) is 0. The summed E-state index contributed by atoms with van der Waals surface area (Å²) in [6, 6.07) is 14.6. The fourth-order valence-corrected chi connectivity index (χ4v) is 4.56. The number of carbonyl (C=O) groups excluding carboxylic acids is 3. The maximum atomic E-state index is 12.5. The number of aliphatic carboxylic acids is 1. The SMILES string of the molecule is CCC(CCC(=O)N1NC(=O)CC1C(=O)O)NC(=O)OCC1c2ccccc2-c2ccccc21. The number of carboxylic acid groups (broad SMARTS) is 1. The van der Waals surface area contributed by atoms with Crippen molar-refractivity contribution < 1.29 is 29.0 Å². The molecule has 34 heavy (non-hydrogen) atoms. The van der Waals surface area contributed by atoms with Crippen molar-refractivity contribution in [2.24, 2.45) is 0 Å². The van der Waals surface area contributed by atoms with E-state index >= 15 is 0 Å². The first-order valence-electron chi connectivity index (χ1n) is 11.3. The topological polar surface area (TPSA) is 125 Å². The van der Waals surface area contributed by atoms with Gasteiger partial charge in [-0.2, -0.15) is 0 Å². The first-order chi connectivity index (χ1) is 16.4. The molecule has 3 N–H and O–H groups in total. The molecule has 0 saturated carbocycles. The van der Waals surface area contributed by atoms with Crippen LogP contribution in [0.25, 0.3) is 11.1 Å². The lowest BCUT2D eigenvalue weighted by molar-refractivity contribution is -0.150. The van der Waals surface area contributed by atoms with E-state index in [0.717, 1.165) is 27.3 Å². The van der Waals surface area contributed by atoms with Crippen molar-refractivity contribution in [3.63, 3.8) is 0 Å². The zero-order valence-electron chi connectivity index (χ0n) is 18.8. The number of nitrogens with one attached hydrogen (secondary N) is 2. The molecule has 1 fully saturated rings. The Kier molecular flexibility index (Phi) is 6.81. The minimum atomic E-state index is -1.24. The summed E-state index contributed by atoms with van der Waals surface area (Å²) in [5, 5.41) is 12.9. The number of ether oxygens (including phenoxy) is 1. The van der Waals surface area contributed by atoms with Crippen molar-refractivity contribution in [2.75, 3.05) is 6.61 Å². The maximum Gasteiger partial charge on any atom is 0.407 e. The second kappa shape index (κ2) is 9.94. The van der Waals surface area contributed by atoms with Gasteiger partial charge in [-0.1, -0.05) is 55.5 Å². The lowest BCUT2D eigenvalue weighted by Gasteiger charge is -2.22. The van der Waals surface area contributed by atoms with Gasteiger partial charge in [0.25, 0.3) is 0 Å². The van der Waals surface area contributed by atoms with Gasteiger partial charge < -0.3 is 15.2 Å². The van der Waals surface area contributed by atoms with Crippen LogP contribution in [0.5, 0.6) is 0 Å². The van der Waals surface area contributed by atoms with Crippen molar-refractivity contribution >= 4 is 23.9 Å². The maximum absolute atomic E-state index is 12.5. The van der Waals surface area contributed by atoms with Crippen LogP contribution < -0.4 is 10.7 Å². The molecule has 9 nitrogen and oxygen atoms in total. The number of hydrogen-bond donors (Lipinski definition) is 3. The number of carboxylic acids is 1. The summed E-state index contributed by atoms with van der Waals surface area (Å²) >= 11 is 0. The smallest absolute Gasteiger partial charge is 0.407 e. The molecule has 1 aliphatic heterocycles. The molecule has 2 aromatic rings. The van der Waals surface area contributed by atoms with Gasteiger partial charge in [-0.25, -0.2) is 14.6 Å². The average molecular weight is 466 g/mol. The predicted octanol–water partition coefficient (Wildman–Crippen LogP) is 2.80. The Balaban J connectivity index is 1.31. The minimum absolute atomic E-state index is 0.0216. The van der Waals surface area contributed by atoms with Crippen LogP contribution in [0.1, 0.15) is 49.7 Å². The van der Waals surface area contributed by atoms with Gasteiger partial charge in [0.05, 0.1) is 6.42 Å². The first-order valence-corrected chi connectivity index (χ1v) is 11.3. The summed E-state index contributed by atoms with van der Waals surface area (Å²) in [4.78, 5) is 47.7. The second-order valence-electron chi connectivity index (χ2n) is 8.47. The zero-order chi connectivity index (χ0) is 24.2. The summed E-state index contributed by atoms with van der Waals surface area (Å²) in [6.07, 6.45) is -0.00789. The van der Waals surface area contributed by atoms with E-state index in [-0.39, 0.29) is 37.8 Å². The predicted molar refractivity (Wildman–Crippen MR) is 123 cm³/mol. The fraction of sp³-hybridized carbons (Fsp3) is 0.360. The van der Waals surface area contributed by atoms with Crippen molar-refractivity contribution in [3.8, 4) is 11.1 Å². The molecule has 2 aliphatic rings. The van der Waals surface area contributed by atoms with Crippen LogP contribution in [0, 0.1) is 0 Å². The van der Waals surface area contributed by atoms with E-state index in [0.29, 0.717) is 6.42 Å². The van der Waals surface area contributed by atoms with Crippen LogP contribution in [-0.2, 0) is 19.1 Å². The van der Waals surface area contributed by atoms with Crippen LogP contribution in [0.4, 0.5) is 4.79 Å². The van der Waals surface area contributed by atoms with E-state index in [4.69, 9.17) is 4.74 Å². The molecule has 1 saturated heterocycles. The largest absolute Gasteiger partial charge is 0.480 e. The van der Waals surface area contributed by atoms with Gasteiger partial charge in [0.2, 0.25) is 11.8 Å². The molecule has 2 atom stereocenters. The molecule has 1 heterocycles. The van der Waals surface area contributed by atoms with E-state index in [1.165, 1.54) is 0 Å². The van der Waals surface area contributed by atoms with E-state index < -0.39 is 29.9 Å². The van der Waals surface area contributed by atoms with Gasteiger partial charge in [0.15, 0.2) is 6.04 Å². The van der Waals surface area contributed by atoms with Gasteiger partial charge >= 0.3 is 12.1 Å². The van der Waals surface area contributed by atoms with Crippen LogP contribution in [0.15, 0.2) is 48.5 Å². The highest BCUT2D eigenvalue weighted by Gasteiger charge is 2.38. The Bertz CT molecular complexity index is 1070. The van der Waals surface area contributed by atoms with Gasteiger partial charge in [0.1, 0.15) is 6.61 Å². The third-order valence-electron chi connectivity index (χ3n) is 6.35. The Morgan fingerprint density at radius 3 is 2.32 bits per heavy atom. The fourth-order valence-electron chi connectivity index (χ4n) is 4.56. The van der Waals surface area contributed by atoms with E-state index in [1.807, 2.05) is 43.3 Å². The zero-order valence-corrected chi connectivity index (χ0v) is 18.8. The number of rotatable bonds is 8. The lowest BCUT2D eigenvalue weighted by Crippen LogP contribution is -2.47. The monoisotopic (exact) mass is 465 g/mol. The Hall–Kier alpha value is -3.88. The number of hydrazine groups is 1. The number of carbonyl (C=O) groups is 4. The highest BCUT2D eigenvalue weighted by atomic mass is 16.5. The van der Waals surface area contributed by atoms with Crippen molar-refractivity contribution in [1.29, 1.82) is 0 Å². The summed E-state index contributed by atoms with van der Waals surface area (Å²) in [5.41, 5.74) is 6.82. The summed E-state index contributed by atoms with van der Waals surface area (Å²) in [6.45, 7) is 2.06. The molecule has 9 heteroatoms. The van der Waals surface area contributed by atoms with Crippen LogP contribution in [0.3, 0.4) is 0 Å². The molecule has 0 bridgehead atoms. The average Bonchev–Trinajstić information content (AvgIpc) is 3.38. The van der Waals surface area contributed by atoms with Crippen LogP contribution >= 0.6 is 0 Å². The lowest BCUT2D eigenvalue weighted by atomic mass is 9.98. The molecule has 4 rings (SSSR count). The molecular formula is C25H27N3O6. The van der Waals surface area contributed by atoms with Crippen molar-refractivity contribution in [1.82, 2.24) is 15.8 Å². The Morgan fingerprint density at radius 2 is 1.74 bits per heavy atom. The molecule has 0 radical (unpaired) electrons. The van der Waals surface area contributed by atoms with E-state index in [9.17, 15) is 24.3 Å². The number of benzene rings is 2. The number of hydrogen-bond acceptors (Lipinski definition) is 5. The van der Waals surface area contributed by atoms with E-state index in [2.05, 4.69) is 22.9 Å². The molecule has 1 aliphatic carbocycles. The number of alkyl carbamates (subject to hydrolysis) is 1. The Morgan fingerprint density at radius 1 is 1.12 bits per heavy atom. The number of fused-ring (bicyclic) bond motifs is 3. The quantitative estimate of drug-likeness (QED) is 0.551. The number of nitrogens with zero attached hydrogens (tertiary/aromatic N) is 1. The van der Waals surface area contributed by atoms with Gasteiger partial charge in [-0.15, -0.1) is 0 Å². The molecule has 0 aromatic heterocycles. The van der Waals surface area contributed by atoms with Crippen molar-refractivity contribution in [2.45, 2.75) is 50.6 Å². The van der Waals surface area contributed by atoms with Gasteiger partial charge in [-0.3, -0.25) is 15.0 Å². The highest BCUT2D eigenvalue weighted by molar-refractivity contribution is 5.93. The molecule has 178 valence electrons. The third kappa shape index (κ3) is 4.73. The normalized spacial score (nSPS) is 17.5.